The average Bonchev–Trinajstić information content (AvgIpc) is 2.59. The van der Waals surface area contributed by atoms with Crippen LogP contribution in [0.25, 0.3) is 0 Å². The molecule has 1 aliphatic rings. The molecule has 0 atom stereocenters. The van der Waals surface area contributed by atoms with Crippen LogP contribution in [0, 0.1) is 0 Å². The number of carbonyl (C=O) groups is 1. The highest BCUT2D eigenvalue weighted by molar-refractivity contribution is 14.0. The highest BCUT2D eigenvalue weighted by Gasteiger charge is 2.15. The summed E-state index contributed by atoms with van der Waals surface area (Å²) >= 11 is 0. The number of aliphatic imine (C=N–C) groups is 1. The average molecular weight is 468 g/mol. The second kappa shape index (κ2) is 15.7. The molecule has 0 aromatic rings. The third kappa shape index (κ3) is 12.4. The van der Waals surface area contributed by atoms with E-state index in [0.717, 1.165) is 38.6 Å². The van der Waals surface area contributed by atoms with Crippen LogP contribution in [0.5, 0.6) is 0 Å². The fraction of sp³-hybridized carbons (Fsp3) is 0.889. The zero-order chi connectivity index (χ0) is 17.6. The Kier molecular flexibility index (Phi) is 15.3. The largest absolute Gasteiger partial charge is 0.381 e. The summed E-state index contributed by atoms with van der Waals surface area (Å²) in [5.74, 6) is 0.772. The summed E-state index contributed by atoms with van der Waals surface area (Å²) in [5.41, 5.74) is 0. The van der Waals surface area contributed by atoms with Gasteiger partial charge in [0.25, 0.3) is 0 Å². The van der Waals surface area contributed by atoms with Gasteiger partial charge in [0.15, 0.2) is 5.96 Å². The van der Waals surface area contributed by atoms with Crippen LogP contribution in [-0.4, -0.2) is 63.2 Å². The SMILES string of the molecule is CCCCOCCCNC(=NCC(=O)N(C)C)NC1CCCCC1.I. The Morgan fingerprint density at radius 1 is 1.16 bits per heavy atom. The van der Waals surface area contributed by atoms with Crippen molar-refractivity contribution in [1.82, 2.24) is 15.5 Å². The van der Waals surface area contributed by atoms with E-state index < -0.39 is 0 Å². The normalized spacial score (nSPS) is 15.4. The smallest absolute Gasteiger partial charge is 0.243 e. The molecule has 1 amide bonds. The lowest BCUT2D eigenvalue weighted by molar-refractivity contribution is -0.127. The molecule has 6 nitrogen and oxygen atoms in total. The van der Waals surface area contributed by atoms with Crippen LogP contribution in [0.3, 0.4) is 0 Å². The summed E-state index contributed by atoms with van der Waals surface area (Å²) in [6, 6.07) is 0.472. The van der Waals surface area contributed by atoms with Gasteiger partial charge >= 0.3 is 0 Å². The molecule has 0 radical (unpaired) electrons. The molecule has 0 unspecified atom stereocenters. The minimum atomic E-state index is 0. The number of unbranched alkanes of at least 4 members (excludes halogenated alkanes) is 1. The van der Waals surface area contributed by atoms with Crippen LogP contribution in [0.2, 0.25) is 0 Å². The first-order valence-electron chi connectivity index (χ1n) is 9.46. The molecular weight excluding hydrogens is 431 g/mol. The Bertz CT molecular complexity index is 372. The molecule has 0 aromatic heterocycles. The van der Waals surface area contributed by atoms with Crippen molar-refractivity contribution in [1.29, 1.82) is 0 Å². The maximum absolute atomic E-state index is 11.8. The number of carbonyl (C=O) groups excluding carboxylic acids is 1. The number of halogens is 1. The topological polar surface area (TPSA) is 66.0 Å². The number of amides is 1. The van der Waals surface area contributed by atoms with Crippen LogP contribution in [0.1, 0.15) is 58.3 Å². The zero-order valence-electron chi connectivity index (χ0n) is 16.2. The summed E-state index contributed by atoms with van der Waals surface area (Å²) < 4.78 is 5.57. The summed E-state index contributed by atoms with van der Waals surface area (Å²) in [5, 5.41) is 6.83. The molecule has 1 fully saturated rings. The van der Waals surface area contributed by atoms with Crippen molar-refractivity contribution in [3.8, 4) is 0 Å². The molecule has 0 bridgehead atoms. The van der Waals surface area contributed by atoms with Crippen molar-refractivity contribution in [3.05, 3.63) is 0 Å². The number of hydrogen-bond donors (Lipinski definition) is 2. The second-order valence-electron chi connectivity index (χ2n) is 6.68. The molecular formula is C18H37IN4O2. The highest BCUT2D eigenvalue weighted by atomic mass is 127. The van der Waals surface area contributed by atoms with Crippen LogP contribution < -0.4 is 10.6 Å². The molecule has 0 heterocycles. The van der Waals surface area contributed by atoms with Gasteiger partial charge in [-0.1, -0.05) is 32.6 Å². The maximum Gasteiger partial charge on any atom is 0.243 e. The van der Waals surface area contributed by atoms with Crippen molar-refractivity contribution in [3.63, 3.8) is 0 Å². The van der Waals surface area contributed by atoms with Gasteiger partial charge < -0.3 is 20.3 Å². The molecule has 25 heavy (non-hydrogen) atoms. The number of likely N-dealkylation sites (N-methyl/N-ethyl adjacent to an activating group) is 1. The first-order chi connectivity index (χ1) is 11.6. The molecule has 2 N–H and O–H groups in total. The Balaban J connectivity index is 0.00000576. The lowest BCUT2D eigenvalue weighted by Gasteiger charge is -2.25. The van der Waals surface area contributed by atoms with E-state index in [1.807, 2.05) is 0 Å². The van der Waals surface area contributed by atoms with E-state index in [-0.39, 0.29) is 36.4 Å². The molecule has 148 valence electrons. The van der Waals surface area contributed by atoms with E-state index in [1.165, 1.54) is 38.5 Å². The van der Waals surface area contributed by atoms with Gasteiger partial charge in [-0.2, -0.15) is 0 Å². The molecule has 0 saturated heterocycles. The summed E-state index contributed by atoms with van der Waals surface area (Å²) in [4.78, 5) is 17.8. The fourth-order valence-corrected chi connectivity index (χ4v) is 2.61. The van der Waals surface area contributed by atoms with Gasteiger partial charge in [-0.3, -0.25) is 4.79 Å². The monoisotopic (exact) mass is 468 g/mol. The number of hydrogen-bond acceptors (Lipinski definition) is 3. The van der Waals surface area contributed by atoms with Crippen LogP contribution in [0.15, 0.2) is 4.99 Å². The molecule has 7 heteroatoms. The Morgan fingerprint density at radius 3 is 2.48 bits per heavy atom. The van der Waals surface area contributed by atoms with Crippen molar-refractivity contribution in [2.45, 2.75) is 64.3 Å². The Morgan fingerprint density at radius 2 is 1.84 bits per heavy atom. The van der Waals surface area contributed by atoms with E-state index in [2.05, 4.69) is 22.5 Å². The van der Waals surface area contributed by atoms with Gasteiger partial charge in [-0.15, -0.1) is 24.0 Å². The highest BCUT2D eigenvalue weighted by Crippen LogP contribution is 2.17. The molecule has 1 rings (SSSR count). The number of nitrogens with one attached hydrogen (secondary N) is 2. The van der Waals surface area contributed by atoms with E-state index >= 15 is 0 Å². The standard InChI is InChI=1S/C18H36N4O2.HI/c1-4-5-13-24-14-9-12-19-18(20-15-17(23)22(2)3)21-16-10-7-6-8-11-16;/h16H,4-15H2,1-3H3,(H2,19,20,21);1H. The van der Waals surface area contributed by atoms with Crippen molar-refractivity contribution in [2.75, 3.05) is 40.4 Å². The minimum Gasteiger partial charge on any atom is -0.381 e. The van der Waals surface area contributed by atoms with Gasteiger partial charge in [0, 0.05) is 39.9 Å². The van der Waals surface area contributed by atoms with Crippen molar-refractivity contribution in [2.24, 2.45) is 4.99 Å². The second-order valence-corrected chi connectivity index (χ2v) is 6.68. The molecule has 1 aliphatic carbocycles. The van der Waals surface area contributed by atoms with E-state index in [4.69, 9.17) is 4.74 Å². The van der Waals surface area contributed by atoms with E-state index in [1.54, 1.807) is 19.0 Å². The van der Waals surface area contributed by atoms with E-state index in [0.29, 0.717) is 6.04 Å². The number of guanidine groups is 1. The van der Waals surface area contributed by atoms with Crippen LogP contribution in [-0.2, 0) is 9.53 Å². The van der Waals surface area contributed by atoms with Crippen molar-refractivity contribution >= 4 is 35.8 Å². The molecule has 1 saturated carbocycles. The first-order valence-corrected chi connectivity index (χ1v) is 9.46. The first kappa shape index (κ1) is 24.4. The number of nitrogens with zero attached hydrogens (tertiary/aromatic N) is 2. The number of rotatable bonds is 10. The molecule has 0 aliphatic heterocycles. The summed E-state index contributed by atoms with van der Waals surface area (Å²) in [6.07, 6.45) is 9.46. The van der Waals surface area contributed by atoms with Gasteiger partial charge in [0.05, 0.1) is 0 Å². The summed E-state index contributed by atoms with van der Waals surface area (Å²) in [7, 11) is 3.51. The maximum atomic E-state index is 11.8. The Hall–Kier alpha value is -0.570. The predicted molar refractivity (Wildman–Crippen MR) is 115 cm³/mol. The summed E-state index contributed by atoms with van der Waals surface area (Å²) in [6.45, 7) is 4.76. The van der Waals surface area contributed by atoms with Gasteiger partial charge in [-0.05, 0) is 25.7 Å². The lowest BCUT2D eigenvalue weighted by atomic mass is 9.96. The van der Waals surface area contributed by atoms with Gasteiger partial charge in [0.2, 0.25) is 5.91 Å². The zero-order valence-corrected chi connectivity index (χ0v) is 18.5. The van der Waals surface area contributed by atoms with Crippen LogP contribution in [0.4, 0.5) is 0 Å². The predicted octanol–water partition coefficient (Wildman–Crippen LogP) is 2.77. The number of ether oxygens (including phenoxy) is 1. The Labute approximate surface area is 170 Å². The fourth-order valence-electron chi connectivity index (χ4n) is 2.61. The molecule has 0 spiro atoms. The quantitative estimate of drug-likeness (QED) is 0.224. The van der Waals surface area contributed by atoms with Gasteiger partial charge in [-0.25, -0.2) is 4.99 Å². The lowest BCUT2D eigenvalue weighted by Crippen LogP contribution is -2.45. The third-order valence-corrected chi connectivity index (χ3v) is 4.22. The van der Waals surface area contributed by atoms with E-state index in [9.17, 15) is 4.79 Å². The van der Waals surface area contributed by atoms with Crippen LogP contribution >= 0.6 is 24.0 Å². The van der Waals surface area contributed by atoms with Gasteiger partial charge in [0.1, 0.15) is 6.54 Å². The third-order valence-electron chi connectivity index (χ3n) is 4.22. The minimum absolute atomic E-state index is 0. The van der Waals surface area contributed by atoms with Crippen molar-refractivity contribution < 1.29 is 9.53 Å². The molecule has 0 aromatic carbocycles.